The second-order valence-electron chi connectivity index (χ2n) is 7.68. The highest BCUT2D eigenvalue weighted by Gasteiger charge is 2.29. The number of aliphatic hydroxyl groups is 1. The number of nitrogens with zero attached hydrogens (tertiary/aromatic N) is 1. The van der Waals surface area contributed by atoms with E-state index in [1.165, 1.54) is 17.8 Å². The number of carbonyl (C=O) groups excluding carboxylic acids is 1. The van der Waals surface area contributed by atoms with E-state index < -0.39 is 17.8 Å². The van der Waals surface area contributed by atoms with Gasteiger partial charge in [0, 0.05) is 0 Å². The molecule has 1 unspecified atom stereocenters. The van der Waals surface area contributed by atoms with Gasteiger partial charge in [0.2, 0.25) is 0 Å². The highest BCUT2D eigenvalue weighted by Crippen LogP contribution is 2.42. The molecule has 26 heavy (non-hydrogen) atoms. The van der Waals surface area contributed by atoms with Crippen LogP contribution in [0.1, 0.15) is 63.9 Å². The molecule has 1 aliphatic carbocycles. The van der Waals surface area contributed by atoms with Crippen molar-refractivity contribution in [1.29, 1.82) is 0 Å². The number of aliphatic hydroxyl groups excluding tert-OH is 1. The Morgan fingerprint density at radius 2 is 2.12 bits per heavy atom. The van der Waals surface area contributed by atoms with Crippen molar-refractivity contribution in [2.45, 2.75) is 64.6 Å². The molecule has 0 spiro atoms. The molecule has 0 aliphatic heterocycles. The number of hydrogen-bond donors (Lipinski definition) is 2. The summed E-state index contributed by atoms with van der Waals surface area (Å²) in [6, 6.07) is 3.59. The van der Waals surface area contributed by atoms with E-state index in [-0.39, 0.29) is 5.92 Å². The third-order valence-corrected chi connectivity index (χ3v) is 5.42. The van der Waals surface area contributed by atoms with E-state index in [4.69, 9.17) is 9.15 Å². The van der Waals surface area contributed by atoms with E-state index in [0.717, 1.165) is 30.6 Å². The number of hydrogen-bond acceptors (Lipinski definition) is 6. The lowest BCUT2D eigenvalue weighted by molar-refractivity contribution is 0.0636. The van der Waals surface area contributed by atoms with Crippen LogP contribution >= 0.6 is 11.3 Å². The molecule has 3 rings (SSSR count). The lowest BCUT2D eigenvalue weighted by Gasteiger charge is -2.26. The molecular formula is C19H26N2O4S. The van der Waals surface area contributed by atoms with Crippen LogP contribution in [0.25, 0.3) is 11.5 Å². The summed E-state index contributed by atoms with van der Waals surface area (Å²) in [6.07, 6.45) is 5.92. The minimum atomic E-state index is -0.609. The first-order valence-corrected chi connectivity index (χ1v) is 9.88. The van der Waals surface area contributed by atoms with E-state index in [9.17, 15) is 9.90 Å². The quantitative estimate of drug-likeness (QED) is 0.748. The Morgan fingerprint density at radius 3 is 2.73 bits per heavy atom. The number of amides is 1. The van der Waals surface area contributed by atoms with Crippen LogP contribution < -0.4 is 5.32 Å². The van der Waals surface area contributed by atoms with E-state index >= 15 is 0 Å². The van der Waals surface area contributed by atoms with Gasteiger partial charge in [-0.1, -0.05) is 30.6 Å². The van der Waals surface area contributed by atoms with E-state index in [1.54, 1.807) is 33.1 Å². The molecule has 6 nitrogen and oxygen atoms in total. The third kappa shape index (κ3) is 4.65. The molecule has 2 heterocycles. The molecule has 2 N–H and O–H groups in total. The van der Waals surface area contributed by atoms with Crippen molar-refractivity contribution in [2.24, 2.45) is 5.92 Å². The number of anilines is 1. The van der Waals surface area contributed by atoms with Crippen molar-refractivity contribution in [3.8, 4) is 11.5 Å². The molecule has 2 aromatic rings. The lowest BCUT2D eigenvalue weighted by atomic mass is 9.84. The van der Waals surface area contributed by atoms with Crippen LogP contribution in [0.5, 0.6) is 0 Å². The van der Waals surface area contributed by atoms with Gasteiger partial charge >= 0.3 is 6.09 Å². The highest BCUT2D eigenvalue weighted by molar-refractivity contribution is 7.16. The van der Waals surface area contributed by atoms with Crippen LogP contribution in [-0.4, -0.2) is 21.8 Å². The van der Waals surface area contributed by atoms with Crippen molar-refractivity contribution >= 4 is 22.6 Å². The molecule has 142 valence electrons. The maximum Gasteiger partial charge on any atom is 0.413 e. The number of furan rings is 1. The Morgan fingerprint density at radius 1 is 1.38 bits per heavy atom. The molecule has 0 bridgehead atoms. The molecule has 1 fully saturated rings. The number of aromatic nitrogens is 1. The number of rotatable bonds is 4. The number of ether oxygens (including phenoxy) is 1. The molecule has 1 aliphatic rings. The number of carbonyl (C=O) groups is 1. The van der Waals surface area contributed by atoms with Crippen molar-refractivity contribution in [2.75, 3.05) is 5.32 Å². The van der Waals surface area contributed by atoms with Crippen molar-refractivity contribution in [1.82, 2.24) is 4.98 Å². The third-order valence-electron chi connectivity index (χ3n) is 4.38. The first kappa shape index (κ1) is 18.9. The average molecular weight is 378 g/mol. The Hall–Kier alpha value is -1.86. The average Bonchev–Trinajstić information content (AvgIpc) is 3.22. The second kappa shape index (κ2) is 7.80. The SMILES string of the molecule is CC(C)(C)OC(=O)Nc1nc(-c2ccco2)c(C(O)C2CCCCC2)s1. The predicted molar refractivity (Wildman–Crippen MR) is 101 cm³/mol. The zero-order valence-corrected chi connectivity index (χ0v) is 16.3. The standard InChI is InChI=1S/C19H26N2O4S/c1-19(2,3)25-18(23)21-17-20-14(13-10-7-11-24-13)16(26-17)15(22)12-8-5-4-6-9-12/h7,10-12,15,22H,4-6,8-9H2,1-3H3,(H,20,21,23). The first-order chi connectivity index (χ1) is 12.3. The molecule has 1 saturated carbocycles. The van der Waals surface area contributed by atoms with E-state index in [1.807, 2.05) is 6.07 Å². The van der Waals surface area contributed by atoms with Gasteiger partial charge in [-0.15, -0.1) is 0 Å². The van der Waals surface area contributed by atoms with Crippen LogP contribution in [0, 0.1) is 5.92 Å². The minimum Gasteiger partial charge on any atom is -0.463 e. The molecule has 0 aromatic carbocycles. The summed E-state index contributed by atoms with van der Waals surface area (Å²) in [7, 11) is 0. The normalized spacial score (nSPS) is 17.1. The first-order valence-electron chi connectivity index (χ1n) is 9.06. The number of nitrogens with one attached hydrogen (secondary N) is 1. The minimum absolute atomic E-state index is 0.215. The smallest absolute Gasteiger partial charge is 0.413 e. The summed E-state index contributed by atoms with van der Waals surface area (Å²) >= 11 is 1.28. The summed E-state index contributed by atoms with van der Waals surface area (Å²) in [5.41, 5.74) is -0.000514. The van der Waals surface area contributed by atoms with Gasteiger partial charge in [-0.05, 0) is 51.7 Å². The predicted octanol–water partition coefficient (Wildman–Crippen LogP) is 5.36. The zero-order chi connectivity index (χ0) is 18.7. The summed E-state index contributed by atoms with van der Waals surface area (Å²) in [5, 5.41) is 14.0. The fourth-order valence-electron chi connectivity index (χ4n) is 3.23. The maximum absolute atomic E-state index is 12.1. The van der Waals surface area contributed by atoms with E-state index in [2.05, 4.69) is 10.3 Å². The van der Waals surface area contributed by atoms with Gasteiger partial charge in [-0.2, -0.15) is 0 Å². The fourth-order valence-corrected chi connectivity index (χ4v) is 4.27. The van der Waals surface area contributed by atoms with Gasteiger partial charge in [0.15, 0.2) is 10.9 Å². The van der Waals surface area contributed by atoms with E-state index in [0.29, 0.717) is 16.6 Å². The Balaban J connectivity index is 1.85. The molecule has 0 radical (unpaired) electrons. The molecule has 0 saturated heterocycles. The van der Waals surface area contributed by atoms with Crippen LogP contribution in [0.15, 0.2) is 22.8 Å². The van der Waals surface area contributed by atoms with Gasteiger partial charge < -0.3 is 14.3 Å². The Kier molecular flexibility index (Phi) is 5.67. The second-order valence-corrected chi connectivity index (χ2v) is 8.71. The van der Waals surface area contributed by atoms with Crippen LogP contribution in [-0.2, 0) is 4.74 Å². The zero-order valence-electron chi connectivity index (χ0n) is 15.4. The van der Waals surface area contributed by atoms with Crippen molar-refractivity contribution in [3.63, 3.8) is 0 Å². The fraction of sp³-hybridized carbons (Fsp3) is 0.579. The van der Waals surface area contributed by atoms with Gasteiger partial charge in [0.25, 0.3) is 0 Å². The highest BCUT2D eigenvalue weighted by atomic mass is 32.1. The summed E-state index contributed by atoms with van der Waals surface area (Å²) < 4.78 is 10.8. The summed E-state index contributed by atoms with van der Waals surface area (Å²) in [6.45, 7) is 5.42. The molecule has 1 amide bonds. The summed E-state index contributed by atoms with van der Waals surface area (Å²) in [4.78, 5) is 17.3. The maximum atomic E-state index is 12.1. The number of thiazole rings is 1. The topological polar surface area (TPSA) is 84.6 Å². The Labute approximate surface area is 157 Å². The van der Waals surface area contributed by atoms with Crippen molar-refractivity contribution < 1.29 is 19.1 Å². The van der Waals surface area contributed by atoms with Crippen LogP contribution in [0.4, 0.5) is 9.93 Å². The molecule has 1 atom stereocenters. The van der Waals surface area contributed by atoms with Gasteiger partial charge in [-0.3, -0.25) is 5.32 Å². The van der Waals surface area contributed by atoms with Gasteiger partial charge in [0.1, 0.15) is 11.3 Å². The Bertz CT molecular complexity index is 727. The van der Waals surface area contributed by atoms with Crippen molar-refractivity contribution in [3.05, 3.63) is 23.3 Å². The monoisotopic (exact) mass is 378 g/mol. The van der Waals surface area contributed by atoms with Gasteiger partial charge in [-0.25, -0.2) is 9.78 Å². The van der Waals surface area contributed by atoms with Crippen LogP contribution in [0.3, 0.4) is 0 Å². The lowest BCUT2D eigenvalue weighted by Crippen LogP contribution is -2.27. The van der Waals surface area contributed by atoms with Gasteiger partial charge in [0.05, 0.1) is 17.2 Å². The summed E-state index contributed by atoms with van der Waals surface area (Å²) in [5.74, 6) is 0.802. The largest absolute Gasteiger partial charge is 0.463 e. The molecule has 7 heteroatoms. The molecular weight excluding hydrogens is 352 g/mol. The van der Waals surface area contributed by atoms with Crippen LogP contribution in [0.2, 0.25) is 0 Å². The molecule has 2 aromatic heterocycles.